The number of hydrogen-bond acceptors (Lipinski definition) is 2. The summed E-state index contributed by atoms with van der Waals surface area (Å²) in [7, 11) is 0. The molecule has 0 aliphatic carbocycles. The highest BCUT2D eigenvalue weighted by atomic mass is 19.4. The fourth-order valence-corrected chi connectivity index (χ4v) is 2.65. The molecule has 1 aliphatic rings. The van der Waals surface area contributed by atoms with Crippen LogP contribution in [0.15, 0.2) is 24.3 Å². The van der Waals surface area contributed by atoms with Crippen LogP contribution in [0.2, 0.25) is 0 Å². The number of alkyl halides is 3. The molecule has 1 saturated heterocycles. The molecule has 1 heterocycles. The summed E-state index contributed by atoms with van der Waals surface area (Å²) < 4.78 is 38.3. The Balaban J connectivity index is 2.23. The van der Waals surface area contributed by atoms with Gasteiger partial charge in [-0.2, -0.15) is 13.2 Å². The first-order chi connectivity index (χ1) is 9.82. The molecular weight excluding hydrogens is 283 g/mol. The van der Waals surface area contributed by atoms with Crippen molar-refractivity contribution < 1.29 is 23.1 Å². The van der Waals surface area contributed by atoms with Crippen molar-refractivity contribution in [3.63, 3.8) is 0 Å². The fraction of sp³-hybridized carbons (Fsp3) is 0.533. The molecule has 1 amide bonds. The largest absolute Gasteiger partial charge is 0.416 e. The normalized spacial score (nSPS) is 20.6. The molecule has 6 heteroatoms. The third kappa shape index (κ3) is 3.56. The van der Waals surface area contributed by atoms with E-state index < -0.39 is 23.8 Å². The van der Waals surface area contributed by atoms with E-state index in [2.05, 4.69) is 0 Å². The topological polar surface area (TPSA) is 40.5 Å². The van der Waals surface area contributed by atoms with E-state index in [0.717, 1.165) is 12.1 Å². The molecule has 1 fully saturated rings. The zero-order valence-electron chi connectivity index (χ0n) is 11.7. The number of carbonyl (C=O) groups is 1. The number of hydrogen-bond donors (Lipinski definition) is 1. The third-order valence-corrected chi connectivity index (χ3v) is 3.80. The molecule has 1 aromatic rings. The lowest BCUT2D eigenvalue weighted by Crippen LogP contribution is -2.33. The van der Waals surface area contributed by atoms with Gasteiger partial charge in [-0.1, -0.05) is 25.1 Å². The summed E-state index contributed by atoms with van der Waals surface area (Å²) in [4.78, 5) is 13.9. The average Bonchev–Trinajstić information content (AvgIpc) is 2.85. The number of carbonyl (C=O) groups excluding carboxylic acids is 1. The highest BCUT2D eigenvalue weighted by Crippen LogP contribution is 2.32. The van der Waals surface area contributed by atoms with Gasteiger partial charge in [0, 0.05) is 13.1 Å². The molecular formula is C15H18F3NO2. The second-order valence-corrected chi connectivity index (χ2v) is 5.31. The Kier molecular flexibility index (Phi) is 4.56. The zero-order chi connectivity index (χ0) is 15.6. The summed E-state index contributed by atoms with van der Waals surface area (Å²) in [5.74, 6) is -0.814. The Morgan fingerprint density at radius 1 is 1.48 bits per heavy atom. The minimum atomic E-state index is -4.42. The van der Waals surface area contributed by atoms with Gasteiger partial charge in [-0.3, -0.25) is 4.79 Å². The Labute approximate surface area is 121 Å². The van der Waals surface area contributed by atoms with Gasteiger partial charge in [0.2, 0.25) is 5.91 Å². The van der Waals surface area contributed by atoms with E-state index in [1.807, 2.05) is 0 Å². The Morgan fingerprint density at radius 2 is 2.19 bits per heavy atom. The summed E-state index contributed by atoms with van der Waals surface area (Å²) in [5, 5.41) is 9.48. The molecule has 3 nitrogen and oxygen atoms in total. The lowest BCUT2D eigenvalue weighted by atomic mass is 9.93. The minimum Gasteiger partial charge on any atom is -0.391 e. The van der Waals surface area contributed by atoms with Gasteiger partial charge in [0.05, 0.1) is 17.6 Å². The van der Waals surface area contributed by atoms with Crippen LogP contribution in [0.25, 0.3) is 0 Å². The van der Waals surface area contributed by atoms with Crippen LogP contribution in [0.1, 0.15) is 36.8 Å². The van der Waals surface area contributed by atoms with E-state index >= 15 is 0 Å². The van der Waals surface area contributed by atoms with Crippen molar-refractivity contribution in [2.75, 3.05) is 13.1 Å². The molecule has 2 rings (SSSR count). The van der Waals surface area contributed by atoms with Gasteiger partial charge >= 0.3 is 6.18 Å². The first-order valence-corrected chi connectivity index (χ1v) is 6.97. The number of β-amino-alcohol motifs (C(OH)–C–C–N with tert-alkyl or cyclic N) is 1. The molecule has 0 radical (unpaired) electrons. The summed E-state index contributed by atoms with van der Waals surface area (Å²) in [6.45, 7) is 2.49. The Morgan fingerprint density at radius 3 is 2.71 bits per heavy atom. The average molecular weight is 301 g/mol. The van der Waals surface area contributed by atoms with Gasteiger partial charge in [-0.05, 0) is 24.5 Å². The summed E-state index contributed by atoms with van der Waals surface area (Å²) in [6.07, 6.45) is -4.01. The molecule has 0 bridgehead atoms. The molecule has 0 aromatic heterocycles. The van der Waals surface area contributed by atoms with Crippen LogP contribution in [-0.2, 0) is 11.0 Å². The van der Waals surface area contributed by atoms with E-state index in [-0.39, 0.29) is 12.5 Å². The summed E-state index contributed by atoms with van der Waals surface area (Å²) in [6, 6.07) is 4.92. The van der Waals surface area contributed by atoms with Crippen LogP contribution in [0.5, 0.6) is 0 Å². The van der Waals surface area contributed by atoms with E-state index in [1.54, 1.807) is 13.0 Å². The molecule has 0 saturated carbocycles. The van der Waals surface area contributed by atoms with Crippen molar-refractivity contribution in [1.29, 1.82) is 0 Å². The predicted octanol–water partition coefficient (Wildman–Crippen LogP) is 2.79. The Bertz CT molecular complexity index is 516. The lowest BCUT2D eigenvalue weighted by molar-refractivity contribution is -0.138. The SMILES string of the molecule is CCC(C(=O)N1CC[C@H](O)C1)c1cccc(C(F)(F)F)c1. The Hall–Kier alpha value is -1.56. The van der Waals surface area contributed by atoms with Crippen molar-refractivity contribution in [1.82, 2.24) is 4.90 Å². The number of aliphatic hydroxyl groups excluding tert-OH is 1. The number of amides is 1. The van der Waals surface area contributed by atoms with Gasteiger partial charge in [0.25, 0.3) is 0 Å². The van der Waals surface area contributed by atoms with Gasteiger partial charge in [0.15, 0.2) is 0 Å². The van der Waals surface area contributed by atoms with Crippen LogP contribution in [-0.4, -0.2) is 35.1 Å². The first-order valence-electron chi connectivity index (χ1n) is 6.97. The van der Waals surface area contributed by atoms with E-state index in [1.165, 1.54) is 11.0 Å². The van der Waals surface area contributed by atoms with Crippen LogP contribution < -0.4 is 0 Å². The van der Waals surface area contributed by atoms with Crippen molar-refractivity contribution in [3.8, 4) is 0 Å². The number of halogens is 3. The lowest BCUT2D eigenvalue weighted by Gasteiger charge is -2.23. The van der Waals surface area contributed by atoms with E-state index in [0.29, 0.717) is 24.9 Å². The minimum absolute atomic E-state index is 0.214. The second-order valence-electron chi connectivity index (χ2n) is 5.31. The first kappa shape index (κ1) is 15.8. The predicted molar refractivity (Wildman–Crippen MR) is 71.7 cm³/mol. The highest BCUT2D eigenvalue weighted by molar-refractivity contribution is 5.84. The standard InChI is InChI=1S/C15H18F3NO2/c1-2-13(14(21)19-7-6-12(20)9-19)10-4-3-5-11(8-10)15(16,17)18/h3-5,8,12-13,20H,2,6-7,9H2,1H3/t12-,13?/m0/s1. The van der Waals surface area contributed by atoms with Gasteiger partial charge in [0.1, 0.15) is 0 Å². The molecule has 116 valence electrons. The number of aliphatic hydroxyl groups is 1. The third-order valence-electron chi connectivity index (χ3n) is 3.80. The number of benzene rings is 1. The molecule has 1 N–H and O–H groups in total. The molecule has 1 aliphatic heterocycles. The number of rotatable bonds is 3. The summed E-state index contributed by atoms with van der Waals surface area (Å²) >= 11 is 0. The fourth-order valence-electron chi connectivity index (χ4n) is 2.65. The van der Waals surface area contributed by atoms with Gasteiger partial charge in [-0.25, -0.2) is 0 Å². The smallest absolute Gasteiger partial charge is 0.391 e. The summed E-state index contributed by atoms with van der Waals surface area (Å²) in [5.41, 5.74) is -0.369. The van der Waals surface area contributed by atoms with Crippen molar-refractivity contribution >= 4 is 5.91 Å². The highest BCUT2D eigenvalue weighted by Gasteiger charge is 2.33. The molecule has 1 aromatic carbocycles. The number of nitrogens with zero attached hydrogens (tertiary/aromatic N) is 1. The maximum absolute atomic E-state index is 12.8. The van der Waals surface area contributed by atoms with Crippen LogP contribution in [0, 0.1) is 0 Å². The quantitative estimate of drug-likeness (QED) is 0.932. The van der Waals surface area contributed by atoms with Crippen molar-refractivity contribution in [2.45, 2.75) is 38.0 Å². The molecule has 21 heavy (non-hydrogen) atoms. The van der Waals surface area contributed by atoms with Gasteiger partial charge < -0.3 is 10.0 Å². The van der Waals surface area contributed by atoms with E-state index in [4.69, 9.17) is 0 Å². The van der Waals surface area contributed by atoms with Crippen molar-refractivity contribution in [3.05, 3.63) is 35.4 Å². The maximum atomic E-state index is 12.8. The van der Waals surface area contributed by atoms with E-state index in [9.17, 15) is 23.1 Å². The zero-order valence-corrected chi connectivity index (χ0v) is 11.7. The number of likely N-dealkylation sites (tertiary alicyclic amines) is 1. The molecule has 2 atom stereocenters. The van der Waals surface area contributed by atoms with Crippen LogP contribution in [0.3, 0.4) is 0 Å². The van der Waals surface area contributed by atoms with Gasteiger partial charge in [-0.15, -0.1) is 0 Å². The van der Waals surface area contributed by atoms with Crippen LogP contribution in [0.4, 0.5) is 13.2 Å². The molecule has 0 spiro atoms. The maximum Gasteiger partial charge on any atom is 0.416 e. The van der Waals surface area contributed by atoms with Crippen LogP contribution >= 0.6 is 0 Å². The molecule has 1 unspecified atom stereocenters. The van der Waals surface area contributed by atoms with Crippen molar-refractivity contribution in [2.24, 2.45) is 0 Å². The second kappa shape index (κ2) is 6.05. The monoisotopic (exact) mass is 301 g/mol.